The highest BCUT2D eigenvalue weighted by atomic mass is 32.2. The Kier molecular flexibility index (Phi) is 6.11. The molecule has 0 heterocycles. The predicted octanol–water partition coefficient (Wildman–Crippen LogP) is 3.12. The van der Waals surface area contributed by atoms with Crippen molar-refractivity contribution in [1.82, 2.24) is 4.72 Å². The van der Waals surface area contributed by atoms with E-state index in [0.29, 0.717) is 18.7 Å². The van der Waals surface area contributed by atoms with Gasteiger partial charge in [-0.2, -0.15) is 0 Å². The van der Waals surface area contributed by atoms with Crippen LogP contribution in [-0.4, -0.2) is 20.9 Å². The van der Waals surface area contributed by atoms with E-state index in [1.807, 2.05) is 37.3 Å². The molecule has 0 spiro atoms. The first-order valence-corrected chi connectivity index (χ1v) is 9.41. The lowest BCUT2D eigenvalue weighted by atomic mass is 9.95. The molecule has 0 aromatic heterocycles. The summed E-state index contributed by atoms with van der Waals surface area (Å²) in [5.74, 6) is -0.345. The van der Waals surface area contributed by atoms with Crippen molar-refractivity contribution in [3.8, 4) is 0 Å². The largest absolute Gasteiger partial charge is 0.326 e. The maximum absolute atomic E-state index is 12.5. The van der Waals surface area contributed by atoms with Gasteiger partial charge in [0.25, 0.3) is 0 Å². The maximum atomic E-state index is 12.5. The fourth-order valence-corrected chi connectivity index (χ4v) is 3.52. The molecule has 2 rings (SSSR count). The van der Waals surface area contributed by atoms with E-state index >= 15 is 0 Å². The molecule has 1 unspecified atom stereocenters. The zero-order valence-electron chi connectivity index (χ0n) is 13.8. The first-order valence-electron chi connectivity index (χ1n) is 7.93. The Morgan fingerprint density at radius 2 is 1.62 bits per heavy atom. The molecular weight excluding hydrogens is 324 g/mol. The molecule has 0 bridgehead atoms. The van der Waals surface area contributed by atoms with Gasteiger partial charge in [0, 0.05) is 12.2 Å². The standard InChI is InChI=1S/C18H22N2O3S/c1-3-17(14-8-6-5-7-9-14)18(21)20-15-10-12-16(13-11-15)24(22,23)19-4-2/h5-13,17,19H,3-4H2,1-2H3,(H,20,21). The molecule has 2 aromatic rings. The SMILES string of the molecule is CCNS(=O)(=O)c1ccc(NC(=O)C(CC)c2ccccc2)cc1. The van der Waals surface area contributed by atoms with Gasteiger partial charge in [-0.15, -0.1) is 0 Å². The van der Waals surface area contributed by atoms with E-state index in [2.05, 4.69) is 10.0 Å². The molecule has 1 atom stereocenters. The minimum absolute atomic E-state index is 0.106. The molecule has 0 aliphatic rings. The first kappa shape index (κ1) is 18.2. The van der Waals surface area contributed by atoms with Crippen LogP contribution in [-0.2, 0) is 14.8 Å². The number of rotatable bonds is 7. The summed E-state index contributed by atoms with van der Waals surface area (Å²) in [6.07, 6.45) is 0.683. The molecule has 0 fully saturated rings. The van der Waals surface area contributed by atoms with E-state index in [0.717, 1.165) is 5.56 Å². The summed E-state index contributed by atoms with van der Waals surface area (Å²) >= 11 is 0. The van der Waals surface area contributed by atoms with Crippen molar-refractivity contribution in [3.05, 3.63) is 60.2 Å². The van der Waals surface area contributed by atoms with E-state index in [4.69, 9.17) is 0 Å². The number of anilines is 1. The second kappa shape index (κ2) is 8.08. The van der Waals surface area contributed by atoms with Gasteiger partial charge < -0.3 is 5.32 Å². The van der Waals surface area contributed by atoms with Crippen molar-refractivity contribution in [2.24, 2.45) is 0 Å². The van der Waals surface area contributed by atoms with Gasteiger partial charge in [0.1, 0.15) is 0 Å². The Labute approximate surface area is 143 Å². The Morgan fingerprint density at radius 3 is 2.17 bits per heavy atom. The number of carbonyl (C=O) groups excluding carboxylic acids is 1. The maximum Gasteiger partial charge on any atom is 0.240 e. The topological polar surface area (TPSA) is 75.3 Å². The number of carbonyl (C=O) groups is 1. The number of hydrogen-bond donors (Lipinski definition) is 2. The number of benzene rings is 2. The lowest BCUT2D eigenvalue weighted by molar-refractivity contribution is -0.117. The highest BCUT2D eigenvalue weighted by Crippen LogP contribution is 2.22. The zero-order chi connectivity index (χ0) is 17.6. The lowest BCUT2D eigenvalue weighted by Crippen LogP contribution is -2.23. The molecule has 2 aromatic carbocycles. The van der Waals surface area contributed by atoms with Gasteiger partial charge in [0.15, 0.2) is 0 Å². The summed E-state index contributed by atoms with van der Waals surface area (Å²) in [4.78, 5) is 12.7. The van der Waals surface area contributed by atoms with Crippen molar-refractivity contribution < 1.29 is 13.2 Å². The van der Waals surface area contributed by atoms with Crippen LogP contribution in [0.4, 0.5) is 5.69 Å². The molecule has 24 heavy (non-hydrogen) atoms. The average molecular weight is 346 g/mol. The van der Waals surface area contributed by atoms with Crippen LogP contribution in [0.15, 0.2) is 59.5 Å². The fraction of sp³-hybridized carbons (Fsp3) is 0.278. The van der Waals surface area contributed by atoms with Gasteiger partial charge in [-0.3, -0.25) is 4.79 Å². The van der Waals surface area contributed by atoms with E-state index in [1.165, 1.54) is 12.1 Å². The van der Waals surface area contributed by atoms with Crippen molar-refractivity contribution in [2.75, 3.05) is 11.9 Å². The zero-order valence-corrected chi connectivity index (χ0v) is 14.6. The molecule has 1 amide bonds. The summed E-state index contributed by atoms with van der Waals surface area (Å²) in [6.45, 7) is 4.01. The van der Waals surface area contributed by atoms with Gasteiger partial charge in [0.2, 0.25) is 15.9 Å². The molecule has 0 radical (unpaired) electrons. The summed E-state index contributed by atoms with van der Waals surface area (Å²) < 4.78 is 26.2. The molecule has 0 aliphatic heterocycles. The third-order valence-corrected chi connectivity index (χ3v) is 5.25. The Balaban J connectivity index is 2.12. The van der Waals surface area contributed by atoms with Crippen molar-refractivity contribution in [2.45, 2.75) is 31.1 Å². The van der Waals surface area contributed by atoms with Crippen molar-refractivity contribution in [1.29, 1.82) is 0 Å². The van der Waals surface area contributed by atoms with Crippen LogP contribution in [0.5, 0.6) is 0 Å². The van der Waals surface area contributed by atoms with E-state index in [9.17, 15) is 13.2 Å². The summed E-state index contributed by atoms with van der Waals surface area (Å²) in [6, 6.07) is 15.8. The third kappa shape index (κ3) is 4.43. The van der Waals surface area contributed by atoms with E-state index in [-0.39, 0.29) is 16.7 Å². The van der Waals surface area contributed by atoms with Crippen molar-refractivity contribution >= 4 is 21.6 Å². The quantitative estimate of drug-likeness (QED) is 0.809. The average Bonchev–Trinajstić information content (AvgIpc) is 2.57. The molecule has 5 nitrogen and oxygen atoms in total. The number of nitrogens with one attached hydrogen (secondary N) is 2. The summed E-state index contributed by atoms with van der Waals surface area (Å²) in [5.41, 5.74) is 1.54. The first-order chi connectivity index (χ1) is 11.5. The molecule has 0 saturated carbocycles. The number of sulfonamides is 1. The third-order valence-electron chi connectivity index (χ3n) is 3.69. The highest BCUT2D eigenvalue weighted by Gasteiger charge is 2.19. The molecule has 6 heteroatoms. The summed E-state index contributed by atoms with van der Waals surface area (Å²) in [5, 5.41) is 2.85. The fourth-order valence-electron chi connectivity index (χ4n) is 2.48. The predicted molar refractivity (Wildman–Crippen MR) is 95.4 cm³/mol. The normalized spacial score (nSPS) is 12.6. The molecule has 2 N–H and O–H groups in total. The Bertz CT molecular complexity index is 772. The van der Waals surface area contributed by atoms with Crippen LogP contribution in [0.2, 0.25) is 0 Å². The van der Waals surface area contributed by atoms with E-state index in [1.54, 1.807) is 19.1 Å². The van der Waals surface area contributed by atoms with Gasteiger partial charge in [-0.1, -0.05) is 44.2 Å². The molecule has 128 valence electrons. The molecule has 0 aliphatic carbocycles. The van der Waals surface area contributed by atoms with E-state index < -0.39 is 10.0 Å². The van der Waals surface area contributed by atoms with Gasteiger partial charge in [-0.25, -0.2) is 13.1 Å². The number of amides is 1. The number of hydrogen-bond acceptors (Lipinski definition) is 3. The Morgan fingerprint density at radius 1 is 1.00 bits per heavy atom. The minimum atomic E-state index is -3.48. The molecule has 0 saturated heterocycles. The van der Waals surface area contributed by atoms with Crippen LogP contribution in [0.1, 0.15) is 31.7 Å². The van der Waals surface area contributed by atoms with Crippen LogP contribution in [0.25, 0.3) is 0 Å². The van der Waals surface area contributed by atoms with Crippen LogP contribution in [0, 0.1) is 0 Å². The lowest BCUT2D eigenvalue weighted by Gasteiger charge is -2.15. The van der Waals surface area contributed by atoms with Crippen molar-refractivity contribution in [3.63, 3.8) is 0 Å². The summed E-state index contributed by atoms with van der Waals surface area (Å²) in [7, 11) is -3.48. The van der Waals surface area contributed by atoms with Gasteiger partial charge >= 0.3 is 0 Å². The van der Waals surface area contributed by atoms with Crippen LogP contribution in [0.3, 0.4) is 0 Å². The monoisotopic (exact) mass is 346 g/mol. The highest BCUT2D eigenvalue weighted by molar-refractivity contribution is 7.89. The second-order valence-corrected chi connectivity index (χ2v) is 7.15. The van der Waals surface area contributed by atoms with Crippen LogP contribution >= 0.6 is 0 Å². The smallest absolute Gasteiger partial charge is 0.240 e. The molecular formula is C18H22N2O3S. The minimum Gasteiger partial charge on any atom is -0.326 e. The Hall–Kier alpha value is -2.18. The second-order valence-electron chi connectivity index (χ2n) is 5.39. The van der Waals surface area contributed by atoms with Crippen LogP contribution < -0.4 is 10.0 Å². The van der Waals surface area contributed by atoms with Gasteiger partial charge in [-0.05, 0) is 36.2 Å². The van der Waals surface area contributed by atoms with Gasteiger partial charge in [0.05, 0.1) is 10.8 Å².